The van der Waals surface area contributed by atoms with Crippen molar-refractivity contribution >= 4 is 33.3 Å². The lowest BCUT2D eigenvalue weighted by molar-refractivity contribution is 0.102. The van der Waals surface area contributed by atoms with E-state index in [1.54, 1.807) is 7.05 Å². The van der Waals surface area contributed by atoms with Crippen molar-refractivity contribution in [2.24, 2.45) is 0 Å². The highest BCUT2D eigenvalue weighted by Crippen LogP contribution is 2.24. The van der Waals surface area contributed by atoms with Gasteiger partial charge in [-0.05, 0) is 40.5 Å². The molecule has 2 N–H and O–H groups in total. The van der Waals surface area contributed by atoms with Gasteiger partial charge < -0.3 is 10.6 Å². The van der Waals surface area contributed by atoms with Crippen molar-refractivity contribution in [2.45, 2.75) is 6.92 Å². The van der Waals surface area contributed by atoms with E-state index in [0.29, 0.717) is 10.3 Å². The van der Waals surface area contributed by atoms with Crippen molar-refractivity contribution in [1.82, 2.24) is 4.98 Å². The third-order valence-corrected chi connectivity index (χ3v) is 3.29. The van der Waals surface area contributed by atoms with Crippen LogP contribution in [0.3, 0.4) is 0 Å². The van der Waals surface area contributed by atoms with Gasteiger partial charge in [-0.1, -0.05) is 6.07 Å². The number of aromatic nitrogens is 1. The van der Waals surface area contributed by atoms with Crippen LogP contribution in [-0.4, -0.2) is 17.9 Å². The van der Waals surface area contributed by atoms with Gasteiger partial charge in [0.05, 0.1) is 5.56 Å². The van der Waals surface area contributed by atoms with Crippen molar-refractivity contribution < 1.29 is 13.6 Å². The lowest BCUT2D eigenvalue weighted by Gasteiger charge is -2.11. The Hall–Kier alpha value is -2.02. The number of nitrogens with one attached hydrogen (secondary N) is 2. The van der Waals surface area contributed by atoms with Gasteiger partial charge in [-0.25, -0.2) is 13.8 Å². The van der Waals surface area contributed by atoms with E-state index in [-0.39, 0.29) is 11.1 Å². The molecule has 4 nitrogen and oxygen atoms in total. The summed E-state index contributed by atoms with van der Waals surface area (Å²) in [5, 5.41) is 5.00. The first kappa shape index (κ1) is 15.4. The van der Waals surface area contributed by atoms with Gasteiger partial charge in [-0.2, -0.15) is 0 Å². The topological polar surface area (TPSA) is 54.0 Å². The van der Waals surface area contributed by atoms with Crippen LogP contribution in [0.5, 0.6) is 0 Å². The number of carbonyl (C=O) groups excluding carboxylic acids is 1. The highest BCUT2D eigenvalue weighted by molar-refractivity contribution is 9.10. The van der Waals surface area contributed by atoms with Crippen molar-refractivity contribution in [1.29, 1.82) is 0 Å². The summed E-state index contributed by atoms with van der Waals surface area (Å²) < 4.78 is 28.2. The second-order valence-corrected chi connectivity index (χ2v) is 5.22. The molecule has 1 heterocycles. The average molecular weight is 356 g/mol. The number of amides is 1. The summed E-state index contributed by atoms with van der Waals surface area (Å²) in [4.78, 5) is 16.2. The second-order valence-electron chi connectivity index (χ2n) is 4.31. The van der Waals surface area contributed by atoms with E-state index in [0.717, 1.165) is 6.07 Å². The summed E-state index contributed by atoms with van der Waals surface area (Å²) in [5.41, 5.74) is -0.0536. The first-order valence-corrected chi connectivity index (χ1v) is 6.82. The van der Waals surface area contributed by atoms with Crippen molar-refractivity contribution in [2.75, 3.05) is 17.7 Å². The average Bonchev–Trinajstić information content (AvgIpc) is 2.47. The van der Waals surface area contributed by atoms with E-state index in [1.807, 2.05) is 0 Å². The van der Waals surface area contributed by atoms with Crippen LogP contribution in [0, 0.1) is 18.6 Å². The number of anilines is 2. The minimum absolute atomic E-state index is 0.173. The van der Waals surface area contributed by atoms with Crippen LogP contribution in [0.2, 0.25) is 0 Å². The fourth-order valence-corrected chi connectivity index (χ4v) is 2.09. The van der Waals surface area contributed by atoms with Crippen molar-refractivity contribution in [3.63, 3.8) is 0 Å². The molecule has 0 saturated carbocycles. The van der Waals surface area contributed by atoms with Gasteiger partial charge >= 0.3 is 0 Å². The Balaban J connectivity index is 2.39. The Morgan fingerprint density at radius 1 is 1.33 bits per heavy atom. The quantitative estimate of drug-likeness (QED) is 0.881. The van der Waals surface area contributed by atoms with Gasteiger partial charge in [0.1, 0.15) is 17.3 Å². The number of rotatable bonds is 3. The van der Waals surface area contributed by atoms with E-state index in [9.17, 15) is 13.6 Å². The SMILES string of the molecule is CNc1ncc(Br)cc1C(=O)Nc1c(F)ccc(C)c1F. The van der Waals surface area contributed by atoms with Crippen LogP contribution >= 0.6 is 15.9 Å². The molecule has 0 aliphatic rings. The van der Waals surface area contributed by atoms with Crippen LogP contribution in [0.1, 0.15) is 15.9 Å². The number of aryl methyl sites for hydroxylation is 1. The summed E-state index contributed by atoms with van der Waals surface area (Å²) in [6.45, 7) is 1.49. The molecule has 1 aromatic carbocycles. The molecule has 0 atom stereocenters. The molecule has 0 fully saturated rings. The van der Waals surface area contributed by atoms with Crippen molar-refractivity contribution in [3.8, 4) is 0 Å². The number of hydrogen-bond acceptors (Lipinski definition) is 3. The Morgan fingerprint density at radius 2 is 2.05 bits per heavy atom. The van der Waals surface area contributed by atoms with Gasteiger partial charge in [-0.3, -0.25) is 4.79 Å². The minimum atomic E-state index is -0.833. The molecule has 7 heteroatoms. The molecule has 2 rings (SSSR count). The molecule has 0 unspecified atom stereocenters. The van der Waals surface area contributed by atoms with Gasteiger partial charge in [-0.15, -0.1) is 0 Å². The third kappa shape index (κ3) is 3.18. The standard InChI is InChI=1S/C14H12BrF2N3O/c1-7-3-4-10(16)12(11(7)17)20-14(21)9-5-8(15)6-19-13(9)18-2/h3-6H,1-2H3,(H,18,19)(H,20,21). The van der Waals surface area contributed by atoms with E-state index in [4.69, 9.17) is 0 Å². The van der Waals surface area contributed by atoms with Gasteiger partial charge in [0.25, 0.3) is 5.91 Å². The van der Waals surface area contributed by atoms with E-state index in [2.05, 4.69) is 31.5 Å². The molecule has 0 aliphatic carbocycles. The zero-order valence-electron chi connectivity index (χ0n) is 11.3. The van der Waals surface area contributed by atoms with Crippen LogP contribution in [0.25, 0.3) is 0 Å². The molecule has 1 amide bonds. The molecule has 1 aromatic heterocycles. The molecule has 0 radical (unpaired) electrons. The number of hydrogen-bond donors (Lipinski definition) is 2. The van der Waals surface area contributed by atoms with Crippen LogP contribution in [-0.2, 0) is 0 Å². The van der Waals surface area contributed by atoms with Gasteiger partial charge in [0, 0.05) is 17.7 Å². The summed E-state index contributed by atoms with van der Waals surface area (Å²) in [6, 6.07) is 3.92. The number of benzene rings is 1. The number of halogens is 3. The molecule has 2 aromatic rings. The van der Waals surface area contributed by atoms with E-state index < -0.39 is 23.2 Å². The Bertz CT molecular complexity index is 707. The third-order valence-electron chi connectivity index (χ3n) is 2.86. The fourth-order valence-electron chi connectivity index (χ4n) is 1.76. The van der Waals surface area contributed by atoms with E-state index in [1.165, 1.54) is 25.3 Å². The summed E-state index contributed by atoms with van der Waals surface area (Å²) in [6.07, 6.45) is 1.51. The Labute approximate surface area is 128 Å². The molecular weight excluding hydrogens is 344 g/mol. The van der Waals surface area contributed by atoms with Crippen LogP contribution in [0.4, 0.5) is 20.3 Å². The largest absolute Gasteiger partial charge is 0.372 e. The Kier molecular flexibility index (Phi) is 4.52. The smallest absolute Gasteiger partial charge is 0.259 e. The Morgan fingerprint density at radius 3 is 2.71 bits per heavy atom. The summed E-state index contributed by atoms with van der Waals surface area (Å²) in [7, 11) is 1.60. The first-order chi connectivity index (χ1) is 9.93. The number of carbonyl (C=O) groups is 1. The zero-order valence-corrected chi connectivity index (χ0v) is 12.9. The summed E-state index contributed by atoms with van der Waals surface area (Å²) >= 11 is 3.20. The molecule has 110 valence electrons. The predicted molar refractivity (Wildman–Crippen MR) is 80.5 cm³/mol. The number of pyridine rings is 1. The second kappa shape index (κ2) is 6.17. The zero-order chi connectivity index (χ0) is 15.6. The lowest BCUT2D eigenvalue weighted by Crippen LogP contribution is -2.17. The fraction of sp³-hybridized carbons (Fsp3) is 0.143. The molecule has 0 saturated heterocycles. The molecule has 0 bridgehead atoms. The van der Waals surface area contributed by atoms with Crippen LogP contribution < -0.4 is 10.6 Å². The normalized spacial score (nSPS) is 10.3. The molecule has 0 aliphatic heterocycles. The lowest BCUT2D eigenvalue weighted by atomic mass is 10.1. The minimum Gasteiger partial charge on any atom is -0.372 e. The maximum absolute atomic E-state index is 13.9. The van der Waals surface area contributed by atoms with Gasteiger partial charge in [0.2, 0.25) is 0 Å². The van der Waals surface area contributed by atoms with E-state index >= 15 is 0 Å². The molecule has 0 spiro atoms. The monoisotopic (exact) mass is 355 g/mol. The maximum atomic E-state index is 13.9. The highest BCUT2D eigenvalue weighted by Gasteiger charge is 2.18. The molecule has 21 heavy (non-hydrogen) atoms. The first-order valence-electron chi connectivity index (χ1n) is 6.03. The van der Waals surface area contributed by atoms with Crippen LogP contribution in [0.15, 0.2) is 28.9 Å². The molecular formula is C14H12BrF2N3O. The highest BCUT2D eigenvalue weighted by atomic mass is 79.9. The maximum Gasteiger partial charge on any atom is 0.259 e. The van der Waals surface area contributed by atoms with Crippen molar-refractivity contribution in [3.05, 3.63) is 51.6 Å². The summed E-state index contributed by atoms with van der Waals surface area (Å²) in [5.74, 6) is -1.97. The number of nitrogens with zero attached hydrogens (tertiary/aromatic N) is 1. The van der Waals surface area contributed by atoms with Gasteiger partial charge in [0.15, 0.2) is 5.82 Å². The predicted octanol–water partition coefficient (Wildman–Crippen LogP) is 3.72.